The molecule has 0 spiro atoms. The van der Waals surface area contributed by atoms with Gasteiger partial charge in [-0.2, -0.15) is 4.31 Å². The molecular weight excluding hydrogens is 400 g/mol. The number of sulfonamides is 1. The first-order chi connectivity index (χ1) is 12.5. The average molecular weight is 420 g/mol. The quantitative estimate of drug-likeness (QED) is 0.778. The highest BCUT2D eigenvalue weighted by Crippen LogP contribution is 2.29. The maximum atomic E-state index is 13.1. The first-order valence-corrected chi connectivity index (χ1v) is 9.56. The minimum atomic E-state index is -3.75. The Balaban J connectivity index is 0.00000261. The van der Waals surface area contributed by atoms with E-state index < -0.39 is 23.1 Å². The Morgan fingerprint density at radius 2 is 2.00 bits per heavy atom. The SMILES string of the molecule is Cl.O=S(=O)(c1ccc(OCC(F)F)cc1)N1CCNCC1c1cccnc1. The predicted molar refractivity (Wildman–Crippen MR) is 98.9 cm³/mol. The molecule has 27 heavy (non-hydrogen) atoms. The van der Waals surface area contributed by atoms with Gasteiger partial charge in [-0.3, -0.25) is 4.98 Å². The second-order valence-electron chi connectivity index (χ2n) is 5.80. The second kappa shape index (κ2) is 9.41. The molecule has 2 aromatic rings. The van der Waals surface area contributed by atoms with Crippen LogP contribution in [0.4, 0.5) is 8.78 Å². The van der Waals surface area contributed by atoms with E-state index >= 15 is 0 Å². The summed E-state index contributed by atoms with van der Waals surface area (Å²) in [6.45, 7) is 0.630. The highest BCUT2D eigenvalue weighted by Gasteiger charge is 2.34. The van der Waals surface area contributed by atoms with Crippen LogP contribution in [0.5, 0.6) is 5.75 Å². The van der Waals surface area contributed by atoms with E-state index in [1.165, 1.54) is 28.6 Å². The summed E-state index contributed by atoms with van der Waals surface area (Å²) in [5.41, 5.74) is 0.806. The van der Waals surface area contributed by atoms with E-state index in [2.05, 4.69) is 10.3 Å². The molecule has 10 heteroatoms. The molecule has 0 saturated carbocycles. The summed E-state index contributed by atoms with van der Waals surface area (Å²) < 4.78 is 56.9. The molecule has 1 aliphatic rings. The van der Waals surface area contributed by atoms with Crippen molar-refractivity contribution >= 4 is 22.4 Å². The fourth-order valence-electron chi connectivity index (χ4n) is 2.83. The largest absolute Gasteiger partial charge is 0.488 e. The number of benzene rings is 1. The molecule has 0 aliphatic carbocycles. The van der Waals surface area contributed by atoms with E-state index in [0.29, 0.717) is 19.6 Å². The third-order valence-electron chi connectivity index (χ3n) is 4.07. The van der Waals surface area contributed by atoms with Crippen molar-refractivity contribution in [2.75, 3.05) is 26.2 Å². The first-order valence-electron chi connectivity index (χ1n) is 8.12. The van der Waals surface area contributed by atoms with Gasteiger partial charge >= 0.3 is 0 Å². The molecule has 1 saturated heterocycles. The summed E-state index contributed by atoms with van der Waals surface area (Å²) >= 11 is 0. The zero-order valence-corrected chi connectivity index (χ0v) is 15.9. The zero-order chi connectivity index (χ0) is 18.6. The van der Waals surface area contributed by atoms with Crippen molar-refractivity contribution in [1.82, 2.24) is 14.6 Å². The number of hydrogen-bond donors (Lipinski definition) is 1. The highest BCUT2D eigenvalue weighted by molar-refractivity contribution is 7.89. The number of rotatable bonds is 6. The van der Waals surface area contributed by atoms with E-state index in [0.717, 1.165) is 5.56 Å². The Labute approximate surface area is 163 Å². The summed E-state index contributed by atoms with van der Waals surface area (Å²) in [5.74, 6) is 0.202. The van der Waals surface area contributed by atoms with E-state index in [4.69, 9.17) is 4.74 Å². The van der Waals surface area contributed by atoms with Crippen molar-refractivity contribution < 1.29 is 21.9 Å². The lowest BCUT2D eigenvalue weighted by molar-refractivity contribution is 0.0819. The molecule has 6 nitrogen and oxygen atoms in total. The molecule has 1 N–H and O–H groups in total. The first kappa shape index (κ1) is 21.5. The van der Waals surface area contributed by atoms with Gasteiger partial charge in [0.05, 0.1) is 10.9 Å². The molecule has 0 amide bonds. The van der Waals surface area contributed by atoms with Crippen LogP contribution in [-0.4, -0.2) is 50.4 Å². The van der Waals surface area contributed by atoms with Gasteiger partial charge in [-0.25, -0.2) is 17.2 Å². The molecule has 1 atom stereocenters. The van der Waals surface area contributed by atoms with Crippen LogP contribution in [0.1, 0.15) is 11.6 Å². The second-order valence-corrected chi connectivity index (χ2v) is 7.69. The number of halogens is 3. The van der Waals surface area contributed by atoms with E-state index in [1.807, 2.05) is 6.07 Å². The fraction of sp³-hybridized carbons (Fsp3) is 0.353. The molecular formula is C17H20ClF2N3O3S. The Bertz CT molecular complexity index is 823. The van der Waals surface area contributed by atoms with Crippen LogP contribution in [0, 0.1) is 0 Å². The van der Waals surface area contributed by atoms with Crippen LogP contribution in [0.3, 0.4) is 0 Å². The van der Waals surface area contributed by atoms with Crippen LogP contribution in [-0.2, 0) is 10.0 Å². The van der Waals surface area contributed by atoms with Crippen LogP contribution in [0.15, 0.2) is 53.7 Å². The molecule has 2 heterocycles. The zero-order valence-electron chi connectivity index (χ0n) is 14.3. The van der Waals surface area contributed by atoms with E-state index in [1.54, 1.807) is 18.5 Å². The summed E-state index contributed by atoms with van der Waals surface area (Å²) in [4.78, 5) is 4.16. The van der Waals surface area contributed by atoms with Gasteiger partial charge in [0.1, 0.15) is 12.4 Å². The third kappa shape index (κ3) is 5.13. The van der Waals surface area contributed by atoms with E-state index in [-0.39, 0.29) is 29.1 Å². The predicted octanol–water partition coefficient (Wildman–Crippen LogP) is 2.48. The van der Waals surface area contributed by atoms with Gasteiger partial charge in [-0.15, -0.1) is 12.4 Å². The maximum absolute atomic E-state index is 13.1. The van der Waals surface area contributed by atoms with Gasteiger partial charge in [-0.05, 0) is 35.9 Å². The van der Waals surface area contributed by atoms with Crippen molar-refractivity contribution in [3.63, 3.8) is 0 Å². The summed E-state index contributed by atoms with van der Waals surface area (Å²) in [5, 5.41) is 3.20. The van der Waals surface area contributed by atoms with Crippen LogP contribution < -0.4 is 10.1 Å². The molecule has 1 aromatic carbocycles. The van der Waals surface area contributed by atoms with Crippen molar-refractivity contribution in [1.29, 1.82) is 0 Å². The van der Waals surface area contributed by atoms with Crippen molar-refractivity contribution in [3.05, 3.63) is 54.4 Å². The Morgan fingerprint density at radius 1 is 1.26 bits per heavy atom. The lowest BCUT2D eigenvalue weighted by atomic mass is 10.1. The molecule has 1 aliphatic heterocycles. The fourth-order valence-corrected chi connectivity index (χ4v) is 4.45. The molecule has 1 fully saturated rings. The molecule has 0 bridgehead atoms. The highest BCUT2D eigenvalue weighted by atomic mass is 35.5. The van der Waals surface area contributed by atoms with Gasteiger partial charge < -0.3 is 10.1 Å². The number of nitrogens with zero attached hydrogens (tertiary/aromatic N) is 2. The molecule has 0 radical (unpaired) electrons. The monoisotopic (exact) mass is 419 g/mol. The molecule has 3 rings (SSSR count). The number of alkyl halides is 2. The van der Waals surface area contributed by atoms with Gasteiger partial charge in [0.15, 0.2) is 0 Å². The topological polar surface area (TPSA) is 71.5 Å². The van der Waals surface area contributed by atoms with E-state index in [9.17, 15) is 17.2 Å². The lowest BCUT2D eigenvalue weighted by Crippen LogP contribution is -2.48. The van der Waals surface area contributed by atoms with Gasteiger partial charge in [0.25, 0.3) is 6.43 Å². The Kier molecular flexibility index (Phi) is 7.49. The third-order valence-corrected chi connectivity index (χ3v) is 5.99. The van der Waals surface area contributed by atoms with Crippen molar-refractivity contribution in [2.24, 2.45) is 0 Å². The number of hydrogen-bond acceptors (Lipinski definition) is 5. The minimum absolute atomic E-state index is 0. The van der Waals surface area contributed by atoms with Crippen molar-refractivity contribution in [3.8, 4) is 5.75 Å². The van der Waals surface area contributed by atoms with Gasteiger partial charge in [0.2, 0.25) is 10.0 Å². The molecule has 1 unspecified atom stereocenters. The minimum Gasteiger partial charge on any atom is -0.488 e. The van der Waals surface area contributed by atoms with Gasteiger partial charge in [0, 0.05) is 32.0 Å². The number of nitrogens with one attached hydrogen (secondary N) is 1. The average Bonchev–Trinajstić information content (AvgIpc) is 2.67. The van der Waals surface area contributed by atoms with Crippen molar-refractivity contribution in [2.45, 2.75) is 17.4 Å². The smallest absolute Gasteiger partial charge is 0.272 e. The molecule has 1 aromatic heterocycles. The standard InChI is InChI=1S/C17H19F2N3O3S.ClH/c18-17(19)12-25-14-3-5-15(6-4-14)26(23,24)22-9-8-21-11-16(22)13-2-1-7-20-10-13;/h1-7,10,16-17,21H,8-9,11-12H2;1H. The number of pyridine rings is 1. The van der Waals surface area contributed by atoms with Crippen LogP contribution in [0.2, 0.25) is 0 Å². The number of piperazine rings is 1. The summed E-state index contributed by atoms with van der Waals surface area (Å²) in [6.07, 6.45) is 0.706. The van der Waals surface area contributed by atoms with Gasteiger partial charge in [-0.1, -0.05) is 6.07 Å². The summed E-state index contributed by atoms with van der Waals surface area (Å²) in [6, 6.07) is 8.76. The maximum Gasteiger partial charge on any atom is 0.272 e. The van der Waals surface area contributed by atoms with Crippen LogP contribution in [0.25, 0.3) is 0 Å². The summed E-state index contributed by atoms with van der Waals surface area (Å²) in [7, 11) is -3.75. The Hall–Kier alpha value is -1.81. The molecule has 148 valence electrons. The van der Waals surface area contributed by atoms with Crippen LogP contribution >= 0.6 is 12.4 Å². The Morgan fingerprint density at radius 3 is 2.63 bits per heavy atom. The normalized spacial score (nSPS) is 18.1. The number of ether oxygens (including phenoxy) is 1. The lowest BCUT2D eigenvalue weighted by Gasteiger charge is -2.35. The number of aromatic nitrogens is 1.